The maximum Gasteiger partial charge on any atom is 0.0483 e. The second-order valence-corrected chi connectivity index (χ2v) is 5.68. The zero-order valence-corrected chi connectivity index (χ0v) is 11.0. The average Bonchev–Trinajstić information content (AvgIpc) is 2.91. The SMILES string of the molecule is Cc1cc2c(n1Cc1ccsc1)CCCC2N. The van der Waals surface area contributed by atoms with E-state index in [2.05, 4.69) is 34.4 Å². The maximum atomic E-state index is 6.19. The summed E-state index contributed by atoms with van der Waals surface area (Å²) in [6.07, 6.45) is 3.54. The molecule has 0 aromatic carbocycles. The van der Waals surface area contributed by atoms with Gasteiger partial charge in [0.05, 0.1) is 0 Å². The third-order valence-corrected chi connectivity index (χ3v) is 4.43. The highest BCUT2D eigenvalue weighted by molar-refractivity contribution is 7.07. The van der Waals surface area contributed by atoms with Crippen LogP contribution in [-0.4, -0.2) is 4.57 Å². The van der Waals surface area contributed by atoms with Gasteiger partial charge >= 0.3 is 0 Å². The van der Waals surface area contributed by atoms with Crippen LogP contribution in [-0.2, 0) is 13.0 Å². The lowest BCUT2D eigenvalue weighted by Crippen LogP contribution is -2.18. The summed E-state index contributed by atoms with van der Waals surface area (Å²) in [5.74, 6) is 0. The minimum atomic E-state index is 0.251. The Morgan fingerprint density at radius 2 is 2.41 bits per heavy atom. The van der Waals surface area contributed by atoms with Crippen molar-refractivity contribution in [2.75, 3.05) is 0 Å². The number of aryl methyl sites for hydroxylation is 1. The molecular weight excluding hydrogens is 228 g/mol. The lowest BCUT2D eigenvalue weighted by Gasteiger charge is -2.21. The molecular formula is C14H18N2S. The summed E-state index contributed by atoms with van der Waals surface area (Å²) < 4.78 is 2.44. The minimum Gasteiger partial charge on any atom is -0.344 e. The van der Waals surface area contributed by atoms with Gasteiger partial charge in [0.15, 0.2) is 0 Å². The Hall–Kier alpha value is -1.06. The Bertz CT molecular complexity index is 511. The first-order valence-corrected chi connectivity index (χ1v) is 7.15. The highest BCUT2D eigenvalue weighted by Crippen LogP contribution is 2.31. The molecule has 0 fully saturated rings. The van der Waals surface area contributed by atoms with E-state index in [9.17, 15) is 0 Å². The van der Waals surface area contributed by atoms with Crippen LogP contribution in [0.4, 0.5) is 0 Å². The van der Waals surface area contributed by atoms with Crippen molar-refractivity contribution in [3.8, 4) is 0 Å². The molecule has 1 aliphatic rings. The van der Waals surface area contributed by atoms with Crippen molar-refractivity contribution in [1.82, 2.24) is 4.57 Å². The topological polar surface area (TPSA) is 30.9 Å². The second kappa shape index (κ2) is 4.31. The zero-order chi connectivity index (χ0) is 11.8. The molecule has 3 heteroatoms. The Labute approximate surface area is 106 Å². The molecule has 1 atom stereocenters. The maximum absolute atomic E-state index is 6.19. The molecule has 17 heavy (non-hydrogen) atoms. The molecule has 0 amide bonds. The van der Waals surface area contributed by atoms with E-state index < -0.39 is 0 Å². The van der Waals surface area contributed by atoms with Crippen LogP contribution in [0.2, 0.25) is 0 Å². The van der Waals surface area contributed by atoms with Crippen molar-refractivity contribution in [1.29, 1.82) is 0 Å². The Balaban J connectivity index is 1.99. The molecule has 1 aliphatic carbocycles. The van der Waals surface area contributed by atoms with Crippen LogP contribution in [0.25, 0.3) is 0 Å². The summed E-state index contributed by atoms with van der Waals surface area (Å²) in [5.41, 5.74) is 11.8. The van der Waals surface area contributed by atoms with Gasteiger partial charge in [-0.05, 0) is 60.2 Å². The third-order valence-electron chi connectivity index (χ3n) is 3.70. The molecule has 0 bridgehead atoms. The summed E-state index contributed by atoms with van der Waals surface area (Å²) in [6, 6.07) is 4.74. The smallest absolute Gasteiger partial charge is 0.0483 e. The quantitative estimate of drug-likeness (QED) is 0.866. The van der Waals surface area contributed by atoms with Crippen LogP contribution in [0.15, 0.2) is 22.9 Å². The van der Waals surface area contributed by atoms with E-state index in [0.717, 1.165) is 13.0 Å². The van der Waals surface area contributed by atoms with Crippen LogP contribution in [0.5, 0.6) is 0 Å². The largest absolute Gasteiger partial charge is 0.344 e. The van der Waals surface area contributed by atoms with Gasteiger partial charge in [-0.25, -0.2) is 0 Å². The lowest BCUT2D eigenvalue weighted by molar-refractivity contribution is 0.546. The van der Waals surface area contributed by atoms with Gasteiger partial charge in [0, 0.05) is 24.0 Å². The first kappa shape index (κ1) is 11.1. The summed E-state index contributed by atoms with van der Waals surface area (Å²) in [6.45, 7) is 3.19. The molecule has 0 spiro atoms. The Kier molecular flexibility index (Phi) is 2.81. The summed E-state index contributed by atoms with van der Waals surface area (Å²) in [7, 11) is 0. The number of fused-ring (bicyclic) bond motifs is 1. The van der Waals surface area contributed by atoms with Crippen molar-refractivity contribution in [3.05, 3.63) is 45.4 Å². The standard InChI is InChI=1S/C14H18N2S/c1-10-7-12-13(15)3-2-4-14(12)16(10)8-11-5-6-17-9-11/h5-7,9,13H,2-4,8,15H2,1H3. The fourth-order valence-electron chi connectivity index (χ4n) is 2.79. The molecule has 2 heterocycles. The third kappa shape index (κ3) is 1.94. The van der Waals surface area contributed by atoms with Gasteiger partial charge < -0.3 is 10.3 Å². The first-order valence-electron chi connectivity index (χ1n) is 6.21. The molecule has 2 nitrogen and oxygen atoms in total. The number of hydrogen-bond donors (Lipinski definition) is 1. The van der Waals surface area contributed by atoms with Crippen LogP contribution >= 0.6 is 11.3 Å². The van der Waals surface area contributed by atoms with E-state index in [1.165, 1.54) is 35.4 Å². The van der Waals surface area contributed by atoms with Crippen LogP contribution in [0, 0.1) is 6.92 Å². The summed E-state index contributed by atoms with van der Waals surface area (Å²) >= 11 is 1.77. The molecule has 0 aliphatic heterocycles. The molecule has 3 rings (SSSR count). The van der Waals surface area contributed by atoms with E-state index in [-0.39, 0.29) is 6.04 Å². The highest BCUT2D eigenvalue weighted by atomic mass is 32.1. The van der Waals surface area contributed by atoms with Crippen molar-refractivity contribution in [2.24, 2.45) is 5.73 Å². The number of thiophene rings is 1. The van der Waals surface area contributed by atoms with Gasteiger partial charge in [0.25, 0.3) is 0 Å². The van der Waals surface area contributed by atoms with E-state index >= 15 is 0 Å². The van der Waals surface area contributed by atoms with Crippen molar-refractivity contribution in [2.45, 2.75) is 38.8 Å². The van der Waals surface area contributed by atoms with Crippen LogP contribution in [0.3, 0.4) is 0 Å². The minimum absolute atomic E-state index is 0.251. The lowest BCUT2D eigenvalue weighted by atomic mass is 9.93. The fourth-order valence-corrected chi connectivity index (χ4v) is 3.45. The predicted molar refractivity (Wildman–Crippen MR) is 72.5 cm³/mol. The van der Waals surface area contributed by atoms with Crippen molar-refractivity contribution >= 4 is 11.3 Å². The predicted octanol–water partition coefficient (Wildman–Crippen LogP) is 3.24. The van der Waals surface area contributed by atoms with E-state index in [0.29, 0.717) is 0 Å². The summed E-state index contributed by atoms with van der Waals surface area (Å²) in [5, 5.41) is 4.38. The number of nitrogens with zero attached hydrogens (tertiary/aromatic N) is 1. The zero-order valence-electron chi connectivity index (χ0n) is 10.1. The number of rotatable bonds is 2. The van der Waals surface area contributed by atoms with Gasteiger partial charge in [-0.15, -0.1) is 0 Å². The molecule has 0 saturated heterocycles. The van der Waals surface area contributed by atoms with E-state index in [1.54, 1.807) is 11.3 Å². The normalized spacial score (nSPS) is 19.3. The van der Waals surface area contributed by atoms with Gasteiger partial charge in [0.1, 0.15) is 0 Å². The number of aromatic nitrogens is 1. The second-order valence-electron chi connectivity index (χ2n) is 4.90. The van der Waals surface area contributed by atoms with Gasteiger partial charge in [-0.2, -0.15) is 11.3 Å². The fraction of sp³-hybridized carbons (Fsp3) is 0.429. The molecule has 2 N–H and O–H groups in total. The van der Waals surface area contributed by atoms with Crippen molar-refractivity contribution < 1.29 is 0 Å². The average molecular weight is 246 g/mol. The van der Waals surface area contributed by atoms with Crippen LogP contribution in [0.1, 0.15) is 41.4 Å². The molecule has 1 unspecified atom stereocenters. The van der Waals surface area contributed by atoms with Gasteiger partial charge in [-0.1, -0.05) is 0 Å². The molecule has 2 aromatic rings. The van der Waals surface area contributed by atoms with E-state index in [1.807, 2.05) is 0 Å². The Morgan fingerprint density at radius 3 is 3.18 bits per heavy atom. The molecule has 0 radical (unpaired) electrons. The first-order chi connectivity index (χ1) is 8.25. The highest BCUT2D eigenvalue weighted by Gasteiger charge is 2.21. The molecule has 0 saturated carbocycles. The number of hydrogen-bond acceptors (Lipinski definition) is 2. The van der Waals surface area contributed by atoms with Gasteiger partial charge in [0.2, 0.25) is 0 Å². The van der Waals surface area contributed by atoms with Crippen LogP contribution < -0.4 is 5.73 Å². The molecule has 2 aromatic heterocycles. The number of nitrogens with two attached hydrogens (primary N) is 1. The van der Waals surface area contributed by atoms with Gasteiger partial charge in [-0.3, -0.25) is 0 Å². The monoisotopic (exact) mass is 246 g/mol. The van der Waals surface area contributed by atoms with E-state index in [4.69, 9.17) is 5.73 Å². The Morgan fingerprint density at radius 1 is 1.53 bits per heavy atom. The summed E-state index contributed by atoms with van der Waals surface area (Å²) in [4.78, 5) is 0. The van der Waals surface area contributed by atoms with Crippen molar-refractivity contribution in [3.63, 3.8) is 0 Å². The molecule has 90 valence electrons.